The zero-order valence-corrected chi connectivity index (χ0v) is 49.4. The van der Waals surface area contributed by atoms with E-state index in [9.17, 15) is 105 Å². The maximum atomic E-state index is 15.8. The third-order valence-electron chi connectivity index (χ3n) is 17.0. The SMILES string of the molecule is FC(F)(F)C(F)(F)C1(C(F)(F)C(F)(F)F)OP2(c3ccccc3)(OC(C(F)(F)C(F)(F)F)(C(F)(F)C(F)(F)F)c3ccccc32)c2ccccc21.FC(F)(F)C(F)(F)C1(C(F)(F)C(F)(F)F)OP2(c3ccccc3)(OC(C(F)(F)C(F)(F)F)(C(F)(F)C(F)(F)F)c3ccccc32)c2ccccc21. The first-order valence-electron chi connectivity index (χ1n) is 26.6. The molecule has 0 N–H and O–H groups in total. The number of hydrogen-bond acceptors (Lipinski definition) is 4. The topological polar surface area (TPSA) is 36.9 Å². The summed E-state index contributed by atoms with van der Waals surface area (Å²) in [7, 11) is -16.5. The molecule has 0 saturated carbocycles. The molecule has 0 aliphatic carbocycles. The van der Waals surface area contributed by atoms with Gasteiger partial charge >= 0.3 is 539 Å². The summed E-state index contributed by atoms with van der Waals surface area (Å²) in [5.74, 6) is -61.2. The van der Waals surface area contributed by atoms with Crippen LogP contribution in [0.1, 0.15) is 22.3 Å². The van der Waals surface area contributed by atoms with E-state index in [2.05, 4.69) is 18.1 Å². The summed E-state index contributed by atoms with van der Waals surface area (Å²) in [6, 6.07) is 5.15. The van der Waals surface area contributed by atoms with Crippen LogP contribution >= 0.6 is 14.1 Å². The zero-order chi connectivity index (χ0) is 77.9. The van der Waals surface area contributed by atoms with Crippen molar-refractivity contribution in [1.82, 2.24) is 0 Å². The van der Waals surface area contributed by atoms with Crippen LogP contribution in [0.3, 0.4) is 0 Å². The van der Waals surface area contributed by atoms with Crippen LogP contribution in [0.15, 0.2) is 158 Å². The van der Waals surface area contributed by atoms with Gasteiger partial charge in [0.05, 0.1) is 0 Å². The second kappa shape index (κ2) is 21.9. The van der Waals surface area contributed by atoms with E-state index in [4.69, 9.17) is 0 Å². The summed E-state index contributed by atoms with van der Waals surface area (Å²) in [6.45, 7) is 0. The third kappa shape index (κ3) is 8.97. The number of rotatable bonds is 10. The minimum atomic E-state index is -8.24. The van der Waals surface area contributed by atoms with Gasteiger partial charge in [0.25, 0.3) is 0 Å². The van der Waals surface area contributed by atoms with Crippen molar-refractivity contribution in [3.63, 3.8) is 0 Å². The molecule has 564 valence electrons. The number of benzene rings is 6. The second-order valence-corrected chi connectivity index (χ2v) is 29.8. The van der Waals surface area contributed by atoms with Crippen LogP contribution in [0.2, 0.25) is 0 Å². The fraction of sp³-hybridized carbons (Fsp3) is 0.357. The molecule has 4 heterocycles. The molecule has 10 rings (SSSR count). The van der Waals surface area contributed by atoms with Gasteiger partial charge in [0.1, 0.15) is 0 Å². The van der Waals surface area contributed by atoms with Gasteiger partial charge in [-0.05, 0) is 0 Å². The van der Waals surface area contributed by atoms with Crippen LogP contribution in [0.4, 0.5) is 176 Å². The van der Waals surface area contributed by atoms with E-state index in [0.29, 0.717) is 48.5 Å². The Balaban J connectivity index is 0.000000237. The van der Waals surface area contributed by atoms with Gasteiger partial charge in [-0.3, -0.25) is 0 Å². The average molecular weight is 1580 g/mol. The number of fused-ring (bicyclic) bond motifs is 8. The van der Waals surface area contributed by atoms with Crippen LogP contribution < -0.4 is 31.8 Å². The third-order valence-corrected chi connectivity index (χ3v) is 27.0. The molecule has 0 atom stereocenters. The Bertz CT molecular complexity index is 3620. The predicted molar refractivity (Wildman–Crippen MR) is 269 cm³/mol. The van der Waals surface area contributed by atoms with Crippen molar-refractivity contribution in [3.05, 3.63) is 180 Å². The van der Waals surface area contributed by atoms with E-state index in [1.54, 1.807) is 0 Å². The molecule has 4 aliphatic heterocycles. The fourth-order valence-corrected chi connectivity index (χ4v) is 24.6. The van der Waals surface area contributed by atoms with E-state index < -0.39 is 187 Å². The van der Waals surface area contributed by atoms with Gasteiger partial charge in [0, 0.05) is 0 Å². The minimum absolute atomic E-state index is 0.0643. The van der Waals surface area contributed by atoms with Crippen molar-refractivity contribution in [1.29, 1.82) is 0 Å². The van der Waals surface area contributed by atoms with Crippen LogP contribution in [-0.4, -0.2) is 96.8 Å². The summed E-state index contributed by atoms with van der Waals surface area (Å²) in [4.78, 5) is 0. The maximum absolute atomic E-state index is 15.8. The normalized spacial score (nSPS) is 21.1. The Kier molecular flexibility index (Phi) is 17.1. The first-order valence-corrected chi connectivity index (χ1v) is 30.7. The molecule has 0 unspecified atom stereocenters. The predicted octanol–water partition coefficient (Wildman–Crippen LogP) is 19.2. The van der Waals surface area contributed by atoms with E-state index in [1.807, 2.05) is 0 Å². The van der Waals surface area contributed by atoms with Crippen molar-refractivity contribution in [2.75, 3.05) is 0 Å². The summed E-state index contributed by atoms with van der Waals surface area (Å²) >= 11 is 0. The molecule has 6 aromatic carbocycles. The summed E-state index contributed by atoms with van der Waals surface area (Å²) in [5, 5.41) is -11.8. The molecule has 4 aliphatic rings. The summed E-state index contributed by atoms with van der Waals surface area (Å²) in [5.41, 5.74) is -37.8. The van der Waals surface area contributed by atoms with Crippen LogP contribution in [0.5, 0.6) is 0 Å². The molecule has 4 nitrogen and oxygen atoms in total. The van der Waals surface area contributed by atoms with Gasteiger partial charge in [0.2, 0.25) is 0 Å². The van der Waals surface area contributed by atoms with E-state index in [0.717, 1.165) is 12.1 Å². The van der Waals surface area contributed by atoms with Gasteiger partial charge in [-0.1, -0.05) is 0 Å². The van der Waals surface area contributed by atoms with Crippen molar-refractivity contribution >= 4 is 45.9 Å². The first kappa shape index (κ1) is 79.3. The molecule has 0 saturated heterocycles. The number of hydrogen-bond donors (Lipinski definition) is 0. The van der Waals surface area contributed by atoms with Crippen LogP contribution in [0, 0.1) is 0 Å². The molecule has 0 aromatic heterocycles. The molecule has 2 spiro atoms. The molecule has 0 amide bonds. The number of halogens is 40. The van der Waals surface area contributed by atoms with Gasteiger partial charge in [-0.15, -0.1) is 0 Å². The molecule has 46 heteroatoms. The Morgan fingerprint density at radius 1 is 0.176 bits per heavy atom. The number of alkyl halides is 40. The molecular formula is C56H26F40O4P2. The van der Waals surface area contributed by atoms with Gasteiger partial charge in [-0.2, -0.15) is 0 Å². The molecule has 6 aromatic rings. The van der Waals surface area contributed by atoms with Crippen molar-refractivity contribution < 1.29 is 194 Å². The van der Waals surface area contributed by atoms with E-state index >= 15 is 70.2 Å². The fourth-order valence-electron chi connectivity index (χ4n) is 12.8. The second-order valence-electron chi connectivity index (χ2n) is 22.3. The van der Waals surface area contributed by atoms with E-state index in [1.165, 1.54) is 0 Å². The molecule has 0 radical (unpaired) electrons. The van der Waals surface area contributed by atoms with Crippen LogP contribution in [-0.2, 0) is 40.5 Å². The van der Waals surface area contributed by atoms with E-state index in [-0.39, 0.29) is 97.1 Å². The standard InChI is InChI=1S/2C28H13F20O2P/c2*29-21(30,25(37,38)39)19(22(31,32)26(40,41)42)15-10-4-6-12-17(15)51(49-19,14-8-2-1-3-9-14)18-13-7-5-11-16(18)20(50-51,23(33,34)27(43,44)45)24(35,36)28(46,47)48/h2*1-13H. The van der Waals surface area contributed by atoms with Gasteiger partial charge < -0.3 is 0 Å². The first-order chi connectivity index (χ1) is 45.6. The molecular weight excluding hydrogens is 1560 g/mol. The molecule has 102 heavy (non-hydrogen) atoms. The molecule has 0 fully saturated rings. The van der Waals surface area contributed by atoms with Crippen molar-refractivity contribution in [3.8, 4) is 0 Å². The Hall–Kier alpha value is -6.78. The van der Waals surface area contributed by atoms with Crippen molar-refractivity contribution in [2.45, 2.75) is 119 Å². The average Bonchev–Trinajstić information content (AvgIpc) is 1.45. The van der Waals surface area contributed by atoms with Gasteiger partial charge in [-0.25, -0.2) is 0 Å². The van der Waals surface area contributed by atoms with Crippen molar-refractivity contribution in [2.24, 2.45) is 0 Å². The van der Waals surface area contributed by atoms with Gasteiger partial charge in [0.15, 0.2) is 0 Å². The summed E-state index contributed by atoms with van der Waals surface area (Å²) < 4.78 is 612. The zero-order valence-electron chi connectivity index (χ0n) is 47.7. The Morgan fingerprint density at radius 2 is 0.304 bits per heavy atom. The quantitative estimate of drug-likeness (QED) is 0.101. The summed E-state index contributed by atoms with van der Waals surface area (Å²) in [6.07, 6.45) is -60.8. The van der Waals surface area contributed by atoms with Crippen LogP contribution in [0.25, 0.3) is 0 Å². The molecule has 0 bridgehead atoms. The Labute approximate surface area is 538 Å². The Morgan fingerprint density at radius 3 is 0.441 bits per heavy atom. The monoisotopic (exact) mass is 1580 g/mol.